The van der Waals surface area contributed by atoms with Gasteiger partial charge in [-0.25, -0.2) is 0 Å². The smallest absolute Gasteiger partial charge is 0.0711 e. The summed E-state index contributed by atoms with van der Waals surface area (Å²) >= 11 is 0. The molecule has 0 saturated carbocycles. The van der Waals surface area contributed by atoms with E-state index in [-0.39, 0.29) is 0 Å². The first-order chi connectivity index (χ1) is 10.8. The van der Waals surface area contributed by atoms with E-state index in [1.165, 1.54) is 52.6 Å². The van der Waals surface area contributed by atoms with Crippen LogP contribution >= 0.6 is 0 Å². The molecule has 1 heterocycles. The molecule has 1 nitrogen and oxygen atoms in total. The summed E-state index contributed by atoms with van der Waals surface area (Å²) in [7, 11) is 0. The summed E-state index contributed by atoms with van der Waals surface area (Å²) in [6.07, 6.45) is 6.16. The average molecular weight is 287 g/mol. The maximum Gasteiger partial charge on any atom is 0.0711 e. The van der Waals surface area contributed by atoms with Crippen molar-refractivity contribution in [3.05, 3.63) is 65.4 Å². The van der Waals surface area contributed by atoms with Gasteiger partial charge in [-0.1, -0.05) is 48.4 Å². The first-order valence-corrected chi connectivity index (χ1v) is 8.30. The number of aromatic nitrogens is 1. The van der Waals surface area contributed by atoms with E-state index >= 15 is 0 Å². The Kier molecular flexibility index (Phi) is 3.42. The molecular formula is C21H21N. The molecule has 3 aromatic rings. The highest BCUT2D eigenvalue weighted by Crippen LogP contribution is 2.36. The van der Waals surface area contributed by atoms with Crippen LogP contribution in [0, 0.1) is 6.92 Å². The summed E-state index contributed by atoms with van der Waals surface area (Å²) in [5, 5.41) is 1.31. The van der Waals surface area contributed by atoms with Crippen LogP contribution in [0.25, 0.3) is 22.0 Å². The third-order valence-corrected chi connectivity index (χ3v) is 4.73. The Balaban J connectivity index is 2.09. The van der Waals surface area contributed by atoms with Crippen LogP contribution in [-0.4, -0.2) is 4.98 Å². The molecule has 4 rings (SSSR count). The summed E-state index contributed by atoms with van der Waals surface area (Å²) in [5.74, 6) is 0. The number of fused-ring (bicyclic) bond motifs is 2. The largest absolute Gasteiger partial charge is 0.253 e. The van der Waals surface area contributed by atoms with Gasteiger partial charge < -0.3 is 0 Å². The number of hydrogen-bond acceptors (Lipinski definition) is 1. The molecule has 0 N–H and O–H groups in total. The highest BCUT2D eigenvalue weighted by molar-refractivity contribution is 5.97. The lowest BCUT2D eigenvalue weighted by atomic mass is 9.91. The lowest BCUT2D eigenvalue weighted by molar-refractivity contribution is 0.709. The van der Waals surface area contributed by atoms with Crippen LogP contribution in [0.1, 0.15) is 36.1 Å². The Bertz CT molecular complexity index is 818. The highest BCUT2D eigenvalue weighted by Gasteiger charge is 2.18. The lowest BCUT2D eigenvalue weighted by Crippen LogP contribution is -2.01. The van der Waals surface area contributed by atoms with Crippen molar-refractivity contribution < 1.29 is 0 Å². The molecule has 0 spiro atoms. The van der Waals surface area contributed by atoms with Gasteiger partial charge in [-0.15, -0.1) is 0 Å². The molecule has 0 amide bonds. The molecular weight excluding hydrogens is 266 g/mol. The predicted molar refractivity (Wildman–Crippen MR) is 93.2 cm³/mol. The molecule has 0 radical (unpaired) electrons. The lowest BCUT2D eigenvalue weighted by Gasteiger charge is -2.16. The summed E-state index contributed by atoms with van der Waals surface area (Å²) in [5.41, 5.74) is 8.02. The van der Waals surface area contributed by atoms with Crippen LogP contribution in [0.3, 0.4) is 0 Å². The first kappa shape index (κ1) is 13.5. The molecule has 0 fully saturated rings. The Labute approximate surface area is 132 Å². The SMILES string of the molecule is Cc1ccc2nc3c(c(-c4ccccc4)c2c1)CCCCC3. The van der Waals surface area contributed by atoms with Crippen molar-refractivity contribution in [2.45, 2.75) is 39.0 Å². The number of pyridine rings is 1. The fourth-order valence-electron chi connectivity index (χ4n) is 3.65. The third kappa shape index (κ3) is 2.31. The van der Waals surface area contributed by atoms with Crippen molar-refractivity contribution in [1.29, 1.82) is 0 Å². The molecule has 1 aliphatic rings. The molecule has 110 valence electrons. The highest BCUT2D eigenvalue weighted by atomic mass is 14.7. The van der Waals surface area contributed by atoms with Crippen LogP contribution in [0.15, 0.2) is 48.5 Å². The van der Waals surface area contributed by atoms with Gasteiger partial charge in [0.1, 0.15) is 0 Å². The molecule has 0 aliphatic heterocycles. The Morgan fingerprint density at radius 3 is 2.55 bits per heavy atom. The van der Waals surface area contributed by atoms with Gasteiger partial charge in [-0.05, 0) is 61.4 Å². The quantitative estimate of drug-likeness (QED) is 0.540. The van der Waals surface area contributed by atoms with Gasteiger partial charge in [0, 0.05) is 11.1 Å². The fourth-order valence-corrected chi connectivity index (χ4v) is 3.65. The van der Waals surface area contributed by atoms with E-state index in [1.54, 1.807) is 0 Å². The minimum absolute atomic E-state index is 1.12. The topological polar surface area (TPSA) is 12.9 Å². The van der Waals surface area contributed by atoms with Crippen molar-refractivity contribution in [2.24, 2.45) is 0 Å². The van der Waals surface area contributed by atoms with Crippen LogP contribution < -0.4 is 0 Å². The van der Waals surface area contributed by atoms with Gasteiger partial charge in [-0.2, -0.15) is 0 Å². The zero-order valence-electron chi connectivity index (χ0n) is 13.1. The number of rotatable bonds is 1. The second kappa shape index (κ2) is 5.57. The van der Waals surface area contributed by atoms with E-state index in [1.807, 2.05) is 0 Å². The monoisotopic (exact) mass is 287 g/mol. The second-order valence-electron chi connectivity index (χ2n) is 6.36. The maximum absolute atomic E-state index is 5.00. The van der Waals surface area contributed by atoms with Crippen molar-refractivity contribution in [3.63, 3.8) is 0 Å². The van der Waals surface area contributed by atoms with Gasteiger partial charge in [0.15, 0.2) is 0 Å². The standard InChI is InChI=1S/C21H21N/c1-15-12-13-20-18(14-15)21(16-8-4-2-5-9-16)17-10-6-3-7-11-19(17)22-20/h2,4-5,8-9,12-14H,3,6-7,10-11H2,1H3. The van der Waals surface area contributed by atoms with Crippen LogP contribution in [0.2, 0.25) is 0 Å². The summed E-state index contributed by atoms with van der Waals surface area (Å²) in [6.45, 7) is 2.17. The fraction of sp³-hybridized carbons (Fsp3) is 0.286. The van der Waals surface area contributed by atoms with Gasteiger partial charge in [-0.3, -0.25) is 4.98 Å². The minimum atomic E-state index is 1.12. The molecule has 2 aromatic carbocycles. The van der Waals surface area contributed by atoms with Gasteiger partial charge >= 0.3 is 0 Å². The second-order valence-corrected chi connectivity index (χ2v) is 6.36. The molecule has 1 aliphatic carbocycles. The Hall–Kier alpha value is -2.15. The third-order valence-electron chi connectivity index (χ3n) is 4.73. The van der Waals surface area contributed by atoms with Gasteiger partial charge in [0.2, 0.25) is 0 Å². The van der Waals surface area contributed by atoms with Crippen molar-refractivity contribution >= 4 is 10.9 Å². The zero-order valence-corrected chi connectivity index (χ0v) is 13.1. The summed E-state index contributed by atoms with van der Waals surface area (Å²) < 4.78 is 0. The Morgan fingerprint density at radius 2 is 1.68 bits per heavy atom. The molecule has 0 atom stereocenters. The van der Waals surface area contributed by atoms with E-state index in [0.29, 0.717) is 0 Å². The normalized spacial score (nSPS) is 14.6. The van der Waals surface area contributed by atoms with Gasteiger partial charge in [0.05, 0.1) is 5.52 Å². The number of hydrogen-bond donors (Lipinski definition) is 0. The number of nitrogens with zero attached hydrogens (tertiary/aromatic N) is 1. The van der Waals surface area contributed by atoms with Crippen molar-refractivity contribution in [2.75, 3.05) is 0 Å². The van der Waals surface area contributed by atoms with E-state index in [9.17, 15) is 0 Å². The van der Waals surface area contributed by atoms with Crippen LogP contribution in [0.4, 0.5) is 0 Å². The molecule has 1 heteroatoms. The predicted octanol–water partition coefficient (Wildman–Crippen LogP) is 5.48. The molecule has 0 unspecified atom stereocenters. The summed E-state index contributed by atoms with van der Waals surface area (Å²) in [6, 6.07) is 17.5. The maximum atomic E-state index is 5.00. The molecule has 0 bridgehead atoms. The van der Waals surface area contributed by atoms with Crippen molar-refractivity contribution in [3.8, 4) is 11.1 Å². The van der Waals surface area contributed by atoms with Crippen LogP contribution in [-0.2, 0) is 12.8 Å². The zero-order chi connectivity index (χ0) is 14.9. The minimum Gasteiger partial charge on any atom is -0.253 e. The first-order valence-electron chi connectivity index (χ1n) is 8.30. The summed E-state index contributed by atoms with van der Waals surface area (Å²) in [4.78, 5) is 5.00. The number of aryl methyl sites for hydroxylation is 2. The average Bonchev–Trinajstić information content (AvgIpc) is 2.78. The van der Waals surface area contributed by atoms with E-state index in [0.717, 1.165) is 18.4 Å². The van der Waals surface area contributed by atoms with Crippen molar-refractivity contribution in [1.82, 2.24) is 4.98 Å². The molecule has 0 saturated heterocycles. The molecule has 1 aromatic heterocycles. The Morgan fingerprint density at radius 1 is 0.864 bits per heavy atom. The van der Waals surface area contributed by atoms with E-state index < -0.39 is 0 Å². The van der Waals surface area contributed by atoms with Gasteiger partial charge in [0.25, 0.3) is 0 Å². The van der Waals surface area contributed by atoms with E-state index in [4.69, 9.17) is 4.98 Å². The van der Waals surface area contributed by atoms with E-state index in [2.05, 4.69) is 55.5 Å². The van der Waals surface area contributed by atoms with Crippen LogP contribution in [0.5, 0.6) is 0 Å². The molecule has 22 heavy (non-hydrogen) atoms. The number of benzene rings is 2.